The molecule has 0 saturated heterocycles. The Bertz CT molecular complexity index is 309. The summed E-state index contributed by atoms with van der Waals surface area (Å²) in [6.45, 7) is 1.70. The summed E-state index contributed by atoms with van der Waals surface area (Å²) < 4.78 is 12.6. The Balaban J connectivity index is 3.09. The second-order valence-corrected chi connectivity index (χ2v) is 2.54. The van der Waals surface area contributed by atoms with Gasteiger partial charge in [0.25, 0.3) is 5.91 Å². The van der Waals surface area contributed by atoms with Crippen molar-refractivity contribution in [1.82, 2.24) is 5.32 Å². The lowest BCUT2D eigenvalue weighted by atomic mass is 10.1. The molecule has 2 nitrogen and oxygen atoms in total. The quantitative estimate of drug-likeness (QED) is 0.674. The number of halogens is 1. The van der Waals surface area contributed by atoms with Gasteiger partial charge in [-0.1, -0.05) is 0 Å². The predicted octanol–water partition coefficient (Wildman–Crippen LogP) is 1.49. The monoisotopic (exact) mass is 167 g/mol. The molecule has 1 N–H and O–H groups in total. The van der Waals surface area contributed by atoms with E-state index in [-0.39, 0.29) is 11.7 Å². The molecule has 1 amide bonds. The third-order valence-electron chi connectivity index (χ3n) is 1.66. The van der Waals surface area contributed by atoms with Crippen molar-refractivity contribution in [2.24, 2.45) is 0 Å². The number of benzene rings is 1. The molecule has 0 radical (unpaired) electrons. The minimum Gasteiger partial charge on any atom is -0.355 e. The highest BCUT2D eigenvalue weighted by atomic mass is 19.1. The van der Waals surface area contributed by atoms with Gasteiger partial charge in [-0.05, 0) is 30.7 Å². The zero-order valence-electron chi connectivity index (χ0n) is 7.02. The molecule has 3 heteroatoms. The van der Waals surface area contributed by atoms with Crippen molar-refractivity contribution in [2.75, 3.05) is 7.05 Å². The zero-order chi connectivity index (χ0) is 9.14. The molecule has 0 unspecified atom stereocenters. The van der Waals surface area contributed by atoms with E-state index in [9.17, 15) is 9.18 Å². The molecule has 0 saturated carbocycles. The van der Waals surface area contributed by atoms with E-state index >= 15 is 0 Å². The molecule has 0 aliphatic rings. The van der Waals surface area contributed by atoms with Crippen LogP contribution in [0.15, 0.2) is 18.2 Å². The topological polar surface area (TPSA) is 29.1 Å². The standard InChI is InChI=1S/C9H10FNO/c1-6-5-7(10)3-4-8(6)9(12)11-2/h3-5H,1-2H3,(H,11,12). The van der Waals surface area contributed by atoms with Crippen LogP contribution in [0, 0.1) is 12.7 Å². The molecule has 0 spiro atoms. The smallest absolute Gasteiger partial charge is 0.251 e. The molecule has 0 heterocycles. The number of nitrogens with one attached hydrogen (secondary N) is 1. The first kappa shape index (κ1) is 8.71. The van der Waals surface area contributed by atoms with Gasteiger partial charge in [0.15, 0.2) is 0 Å². The Morgan fingerprint density at radius 3 is 2.67 bits per heavy atom. The van der Waals surface area contributed by atoms with Gasteiger partial charge in [0.1, 0.15) is 5.82 Å². The number of carbonyl (C=O) groups excluding carboxylic acids is 1. The second-order valence-electron chi connectivity index (χ2n) is 2.54. The van der Waals surface area contributed by atoms with Crippen molar-refractivity contribution in [3.05, 3.63) is 35.1 Å². The third kappa shape index (κ3) is 1.61. The van der Waals surface area contributed by atoms with Gasteiger partial charge in [-0.15, -0.1) is 0 Å². The highest BCUT2D eigenvalue weighted by Gasteiger charge is 2.06. The van der Waals surface area contributed by atoms with Crippen LogP contribution in [0.1, 0.15) is 15.9 Å². The molecular formula is C9H10FNO. The Morgan fingerprint density at radius 1 is 1.50 bits per heavy atom. The SMILES string of the molecule is CNC(=O)c1ccc(F)cc1C. The van der Waals surface area contributed by atoms with E-state index < -0.39 is 0 Å². The molecule has 0 bridgehead atoms. The summed E-state index contributed by atoms with van der Waals surface area (Å²) in [6, 6.07) is 4.09. The van der Waals surface area contributed by atoms with Crippen molar-refractivity contribution in [1.29, 1.82) is 0 Å². The van der Waals surface area contributed by atoms with Gasteiger partial charge >= 0.3 is 0 Å². The van der Waals surface area contributed by atoms with E-state index in [0.717, 1.165) is 0 Å². The molecule has 0 fully saturated rings. The third-order valence-corrected chi connectivity index (χ3v) is 1.66. The van der Waals surface area contributed by atoms with Gasteiger partial charge in [0.05, 0.1) is 0 Å². The molecule has 0 atom stereocenters. The summed E-state index contributed by atoms with van der Waals surface area (Å²) in [4.78, 5) is 11.1. The van der Waals surface area contributed by atoms with Gasteiger partial charge in [0, 0.05) is 12.6 Å². The average Bonchev–Trinajstić information content (AvgIpc) is 2.03. The van der Waals surface area contributed by atoms with E-state index in [0.29, 0.717) is 11.1 Å². The number of hydrogen-bond donors (Lipinski definition) is 1. The van der Waals surface area contributed by atoms with Crippen LogP contribution >= 0.6 is 0 Å². The van der Waals surface area contributed by atoms with Crippen LogP contribution in [0.2, 0.25) is 0 Å². The summed E-state index contributed by atoms with van der Waals surface area (Å²) in [5, 5.41) is 2.48. The molecule has 0 aromatic heterocycles. The highest BCUT2D eigenvalue weighted by molar-refractivity contribution is 5.95. The van der Waals surface area contributed by atoms with Gasteiger partial charge in [-0.3, -0.25) is 4.79 Å². The number of rotatable bonds is 1. The summed E-state index contributed by atoms with van der Waals surface area (Å²) in [6.07, 6.45) is 0. The van der Waals surface area contributed by atoms with Crippen LogP contribution in [0.4, 0.5) is 4.39 Å². The minimum absolute atomic E-state index is 0.187. The summed E-state index contributed by atoms with van der Waals surface area (Å²) in [5.74, 6) is -0.507. The zero-order valence-corrected chi connectivity index (χ0v) is 7.02. The van der Waals surface area contributed by atoms with Crippen molar-refractivity contribution in [2.45, 2.75) is 6.92 Å². The van der Waals surface area contributed by atoms with E-state index in [2.05, 4.69) is 5.32 Å². The van der Waals surface area contributed by atoms with Crippen molar-refractivity contribution < 1.29 is 9.18 Å². The normalized spacial score (nSPS) is 9.58. The van der Waals surface area contributed by atoms with Crippen LogP contribution in [0.3, 0.4) is 0 Å². The number of hydrogen-bond acceptors (Lipinski definition) is 1. The summed E-state index contributed by atoms with van der Waals surface area (Å²) in [7, 11) is 1.55. The molecule has 0 aliphatic heterocycles. The second kappa shape index (κ2) is 3.34. The number of amides is 1. The van der Waals surface area contributed by atoms with Crippen LogP contribution in [0.25, 0.3) is 0 Å². The van der Waals surface area contributed by atoms with E-state index in [1.54, 1.807) is 14.0 Å². The Labute approximate surface area is 70.4 Å². The van der Waals surface area contributed by atoms with Crippen LogP contribution in [-0.2, 0) is 0 Å². The fourth-order valence-electron chi connectivity index (χ4n) is 1.02. The largest absolute Gasteiger partial charge is 0.355 e. The highest BCUT2D eigenvalue weighted by Crippen LogP contribution is 2.09. The van der Waals surface area contributed by atoms with Crippen molar-refractivity contribution in [3.63, 3.8) is 0 Å². The fraction of sp³-hybridized carbons (Fsp3) is 0.222. The van der Waals surface area contributed by atoms with Crippen molar-refractivity contribution >= 4 is 5.91 Å². The van der Waals surface area contributed by atoms with Gasteiger partial charge < -0.3 is 5.32 Å². The maximum absolute atomic E-state index is 12.6. The number of aryl methyl sites for hydroxylation is 1. The molecule has 1 aromatic rings. The van der Waals surface area contributed by atoms with E-state index in [4.69, 9.17) is 0 Å². The lowest BCUT2D eigenvalue weighted by Gasteiger charge is -2.02. The fourth-order valence-corrected chi connectivity index (χ4v) is 1.02. The first-order chi connectivity index (χ1) is 5.65. The molecule has 1 rings (SSSR count). The van der Waals surface area contributed by atoms with Crippen LogP contribution < -0.4 is 5.32 Å². The average molecular weight is 167 g/mol. The lowest BCUT2D eigenvalue weighted by molar-refractivity contribution is 0.0962. The first-order valence-electron chi connectivity index (χ1n) is 3.63. The maximum atomic E-state index is 12.6. The first-order valence-corrected chi connectivity index (χ1v) is 3.63. The molecule has 12 heavy (non-hydrogen) atoms. The number of carbonyl (C=O) groups is 1. The molecule has 64 valence electrons. The van der Waals surface area contributed by atoms with Crippen LogP contribution in [-0.4, -0.2) is 13.0 Å². The van der Waals surface area contributed by atoms with Gasteiger partial charge in [0.2, 0.25) is 0 Å². The lowest BCUT2D eigenvalue weighted by Crippen LogP contribution is -2.18. The Morgan fingerprint density at radius 2 is 2.17 bits per heavy atom. The van der Waals surface area contributed by atoms with Crippen LogP contribution in [0.5, 0.6) is 0 Å². The molecule has 1 aromatic carbocycles. The van der Waals surface area contributed by atoms with Gasteiger partial charge in [-0.2, -0.15) is 0 Å². The Kier molecular flexibility index (Phi) is 2.43. The summed E-state index contributed by atoms with van der Waals surface area (Å²) in [5.41, 5.74) is 1.16. The van der Waals surface area contributed by atoms with Crippen molar-refractivity contribution in [3.8, 4) is 0 Å². The van der Waals surface area contributed by atoms with Gasteiger partial charge in [-0.25, -0.2) is 4.39 Å². The van der Waals surface area contributed by atoms with E-state index in [1.807, 2.05) is 0 Å². The predicted molar refractivity (Wildman–Crippen MR) is 44.5 cm³/mol. The molecular weight excluding hydrogens is 157 g/mol. The minimum atomic E-state index is -0.319. The Hall–Kier alpha value is -1.38. The van der Waals surface area contributed by atoms with E-state index in [1.165, 1.54) is 18.2 Å². The molecule has 0 aliphatic carbocycles. The maximum Gasteiger partial charge on any atom is 0.251 e. The summed E-state index contributed by atoms with van der Waals surface area (Å²) >= 11 is 0.